The highest BCUT2D eigenvalue weighted by molar-refractivity contribution is 5.94. The van der Waals surface area contributed by atoms with Crippen LogP contribution in [0.25, 0.3) is 0 Å². The molecule has 0 N–H and O–H groups in total. The molecule has 1 atom stereocenters. The molecule has 0 aliphatic carbocycles. The van der Waals surface area contributed by atoms with Crippen molar-refractivity contribution in [1.29, 1.82) is 0 Å². The van der Waals surface area contributed by atoms with Gasteiger partial charge in [-0.1, -0.05) is 6.42 Å². The number of nitrogens with zero attached hydrogens (tertiary/aromatic N) is 3. The Morgan fingerprint density at radius 3 is 2.73 bits per heavy atom. The van der Waals surface area contributed by atoms with Crippen LogP contribution in [0.2, 0.25) is 0 Å². The zero-order chi connectivity index (χ0) is 15.5. The SMILES string of the molecule is Cn1cccc(C(=O)N2CCCC2CN2CCCCC2)c1=O. The molecule has 0 spiro atoms. The molecule has 22 heavy (non-hydrogen) atoms. The maximum atomic E-state index is 12.8. The van der Waals surface area contributed by atoms with E-state index in [9.17, 15) is 9.59 Å². The first kappa shape index (κ1) is 15.3. The Kier molecular flexibility index (Phi) is 4.62. The summed E-state index contributed by atoms with van der Waals surface area (Å²) in [5.74, 6) is -0.0966. The Morgan fingerprint density at radius 1 is 1.18 bits per heavy atom. The molecule has 2 fully saturated rings. The van der Waals surface area contributed by atoms with Gasteiger partial charge in [-0.3, -0.25) is 9.59 Å². The second kappa shape index (κ2) is 6.65. The van der Waals surface area contributed by atoms with Gasteiger partial charge in [-0.15, -0.1) is 0 Å². The van der Waals surface area contributed by atoms with Crippen LogP contribution in [0, 0.1) is 0 Å². The van der Waals surface area contributed by atoms with Gasteiger partial charge in [-0.05, 0) is 50.9 Å². The summed E-state index contributed by atoms with van der Waals surface area (Å²) in [7, 11) is 1.69. The Morgan fingerprint density at radius 2 is 1.95 bits per heavy atom. The van der Waals surface area contributed by atoms with Gasteiger partial charge in [-0.25, -0.2) is 0 Å². The van der Waals surface area contributed by atoms with Crippen molar-refractivity contribution >= 4 is 5.91 Å². The lowest BCUT2D eigenvalue weighted by Crippen LogP contribution is -2.46. The molecule has 0 radical (unpaired) electrons. The Bertz CT molecular complexity index is 590. The number of hydrogen-bond donors (Lipinski definition) is 0. The number of likely N-dealkylation sites (tertiary alicyclic amines) is 2. The molecule has 1 amide bonds. The van der Waals surface area contributed by atoms with E-state index in [-0.39, 0.29) is 17.5 Å². The van der Waals surface area contributed by atoms with Crippen molar-refractivity contribution < 1.29 is 4.79 Å². The first-order valence-electron chi connectivity index (χ1n) is 8.36. The lowest BCUT2D eigenvalue weighted by Gasteiger charge is -2.33. The highest BCUT2D eigenvalue weighted by Gasteiger charge is 2.32. The van der Waals surface area contributed by atoms with Crippen molar-refractivity contribution in [3.8, 4) is 0 Å². The molecule has 0 aromatic carbocycles. The second-order valence-corrected chi connectivity index (χ2v) is 6.49. The van der Waals surface area contributed by atoms with E-state index in [0.29, 0.717) is 5.56 Å². The zero-order valence-electron chi connectivity index (χ0n) is 13.3. The van der Waals surface area contributed by atoms with Crippen LogP contribution in [-0.2, 0) is 7.05 Å². The normalized spacial score (nSPS) is 23.0. The summed E-state index contributed by atoms with van der Waals surface area (Å²) >= 11 is 0. The summed E-state index contributed by atoms with van der Waals surface area (Å²) in [6.45, 7) is 4.02. The molecule has 1 aromatic heterocycles. The Hall–Kier alpha value is -1.62. The van der Waals surface area contributed by atoms with Gasteiger partial charge in [0.2, 0.25) is 0 Å². The van der Waals surface area contributed by atoms with Crippen LogP contribution in [0.5, 0.6) is 0 Å². The molecule has 0 saturated carbocycles. The van der Waals surface area contributed by atoms with Gasteiger partial charge in [0.25, 0.3) is 11.5 Å². The van der Waals surface area contributed by atoms with Crippen LogP contribution in [0.3, 0.4) is 0 Å². The van der Waals surface area contributed by atoms with Gasteiger partial charge in [0.15, 0.2) is 0 Å². The maximum Gasteiger partial charge on any atom is 0.263 e. The quantitative estimate of drug-likeness (QED) is 0.849. The molecule has 3 rings (SSSR count). The fourth-order valence-electron chi connectivity index (χ4n) is 3.65. The average molecular weight is 303 g/mol. The molecule has 2 saturated heterocycles. The third-order valence-corrected chi connectivity index (χ3v) is 4.91. The van der Waals surface area contributed by atoms with Crippen molar-refractivity contribution in [2.45, 2.75) is 38.1 Å². The third kappa shape index (κ3) is 3.09. The van der Waals surface area contributed by atoms with Gasteiger partial charge in [0.05, 0.1) is 0 Å². The topological polar surface area (TPSA) is 45.6 Å². The number of amides is 1. The van der Waals surface area contributed by atoms with Crippen molar-refractivity contribution in [2.75, 3.05) is 26.2 Å². The van der Waals surface area contributed by atoms with Crippen molar-refractivity contribution in [1.82, 2.24) is 14.4 Å². The highest BCUT2D eigenvalue weighted by Crippen LogP contribution is 2.21. The van der Waals surface area contributed by atoms with Gasteiger partial charge < -0.3 is 14.4 Å². The number of carbonyl (C=O) groups is 1. The van der Waals surface area contributed by atoms with Crippen molar-refractivity contribution in [3.63, 3.8) is 0 Å². The fraction of sp³-hybridized carbons (Fsp3) is 0.647. The smallest absolute Gasteiger partial charge is 0.263 e. The number of piperidine rings is 1. The van der Waals surface area contributed by atoms with Crippen LogP contribution < -0.4 is 5.56 Å². The molecular formula is C17H25N3O2. The second-order valence-electron chi connectivity index (χ2n) is 6.49. The number of carbonyl (C=O) groups excluding carboxylic acids is 1. The van der Waals surface area contributed by atoms with E-state index < -0.39 is 0 Å². The van der Waals surface area contributed by atoms with E-state index in [1.807, 2.05) is 4.90 Å². The van der Waals surface area contributed by atoms with E-state index in [0.717, 1.165) is 39.0 Å². The van der Waals surface area contributed by atoms with Crippen LogP contribution in [0.1, 0.15) is 42.5 Å². The van der Waals surface area contributed by atoms with Gasteiger partial charge >= 0.3 is 0 Å². The van der Waals surface area contributed by atoms with E-state index in [1.165, 1.54) is 23.8 Å². The predicted molar refractivity (Wildman–Crippen MR) is 86.0 cm³/mol. The lowest BCUT2D eigenvalue weighted by atomic mass is 10.1. The lowest BCUT2D eigenvalue weighted by molar-refractivity contribution is 0.0688. The standard InChI is InChI=1S/C17H25N3O2/c1-18-9-6-8-15(16(18)21)17(22)20-12-5-7-14(20)13-19-10-3-2-4-11-19/h6,8-9,14H,2-5,7,10-13H2,1H3. The van der Waals surface area contributed by atoms with E-state index in [2.05, 4.69) is 4.90 Å². The first-order chi connectivity index (χ1) is 10.7. The highest BCUT2D eigenvalue weighted by atomic mass is 16.2. The van der Waals surface area contributed by atoms with E-state index >= 15 is 0 Å². The van der Waals surface area contributed by atoms with Crippen LogP contribution in [-0.4, -0.2) is 52.5 Å². The molecular weight excluding hydrogens is 278 g/mol. The molecule has 2 aliphatic heterocycles. The minimum Gasteiger partial charge on any atom is -0.334 e. The van der Waals surface area contributed by atoms with Crippen molar-refractivity contribution in [2.24, 2.45) is 7.05 Å². The Labute approximate surface area is 131 Å². The van der Waals surface area contributed by atoms with E-state index in [1.54, 1.807) is 25.4 Å². The van der Waals surface area contributed by atoms with Gasteiger partial charge in [0.1, 0.15) is 5.56 Å². The molecule has 5 heteroatoms. The first-order valence-corrected chi connectivity index (χ1v) is 8.36. The summed E-state index contributed by atoms with van der Waals surface area (Å²) in [6, 6.07) is 3.68. The minimum atomic E-state index is -0.198. The molecule has 2 aliphatic rings. The van der Waals surface area contributed by atoms with Crippen LogP contribution in [0.4, 0.5) is 0 Å². The summed E-state index contributed by atoms with van der Waals surface area (Å²) in [6.07, 6.45) is 7.63. The molecule has 5 nitrogen and oxygen atoms in total. The number of aryl methyl sites for hydroxylation is 1. The van der Waals surface area contributed by atoms with Gasteiger partial charge in [0, 0.05) is 32.4 Å². The van der Waals surface area contributed by atoms with Crippen molar-refractivity contribution in [3.05, 3.63) is 34.2 Å². The Balaban J connectivity index is 1.73. The monoisotopic (exact) mass is 303 g/mol. The zero-order valence-corrected chi connectivity index (χ0v) is 13.3. The van der Waals surface area contributed by atoms with Gasteiger partial charge in [-0.2, -0.15) is 0 Å². The molecule has 0 bridgehead atoms. The maximum absolute atomic E-state index is 12.8. The fourth-order valence-corrected chi connectivity index (χ4v) is 3.65. The van der Waals surface area contributed by atoms with Crippen LogP contribution in [0.15, 0.2) is 23.1 Å². The summed E-state index contributed by atoms with van der Waals surface area (Å²) in [5, 5.41) is 0. The number of aromatic nitrogens is 1. The summed E-state index contributed by atoms with van der Waals surface area (Å²) in [4.78, 5) is 29.3. The number of pyridine rings is 1. The van der Waals surface area contributed by atoms with Crippen LogP contribution >= 0.6 is 0 Å². The summed E-state index contributed by atoms with van der Waals surface area (Å²) in [5.41, 5.74) is 0.103. The minimum absolute atomic E-state index is 0.0966. The molecule has 120 valence electrons. The molecule has 1 aromatic rings. The summed E-state index contributed by atoms with van der Waals surface area (Å²) < 4.78 is 1.48. The van der Waals surface area contributed by atoms with E-state index in [4.69, 9.17) is 0 Å². The number of rotatable bonds is 3. The predicted octanol–water partition coefficient (Wildman–Crippen LogP) is 1.48. The number of hydrogen-bond acceptors (Lipinski definition) is 3. The molecule has 3 heterocycles. The molecule has 1 unspecified atom stereocenters. The average Bonchev–Trinajstić information content (AvgIpc) is 2.98. The third-order valence-electron chi connectivity index (χ3n) is 4.91. The largest absolute Gasteiger partial charge is 0.334 e.